The molecule has 224 valence electrons. The van der Waals surface area contributed by atoms with Gasteiger partial charge >= 0.3 is 5.66 Å². The molecule has 0 amide bonds. The number of ether oxygens (including phenoxy) is 1. The van der Waals surface area contributed by atoms with Gasteiger partial charge in [-0.2, -0.15) is 0 Å². The van der Waals surface area contributed by atoms with E-state index >= 15 is 0 Å². The maximum absolute atomic E-state index is 10.9. The third-order valence-electron chi connectivity index (χ3n) is 8.23. The lowest BCUT2D eigenvalue weighted by Gasteiger charge is -2.10. The highest BCUT2D eigenvalue weighted by Crippen LogP contribution is 2.43. The molecule has 4 heterocycles. The predicted molar refractivity (Wildman–Crippen MR) is 165 cm³/mol. The summed E-state index contributed by atoms with van der Waals surface area (Å²) < 4.78 is 42.7. The number of fused-ring (bicyclic) bond motifs is 6. The Hall–Kier alpha value is -4.85. The van der Waals surface area contributed by atoms with Crippen molar-refractivity contribution in [2.75, 3.05) is 12.4 Å². The summed E-state index contributed by atoms with van der Waals surface area (Å²) in [5, 5.41) is 19.6. The molecule has 2 aromatic heterocycles. The third-order valence-corrected chi connectivity index (χ3v) is 9.02. The molecule has 2 aliphatic rings. The average Bonchev–Trinajstić information content (AvgIpc) is 3.51. The average molecular weight is 618 g/mol. The van der Waals surface area contributed by atoms with Gasteiger partial charge in [0.05, 0.1) is 41.4 Å². The molecule has 2 aliphatic heterocycles. The van der Waals surface area contributed by atoms with Crippen molar-refractivity contribution in [1.29, 1.82) is 0 Å². The topological polar surface area (TPSA) is 115 Å². The maximum atomic E-state index is 10.9. The number of nitrogens with zero attached hydrogens (tertiary/aromatic N) is 2. The van der Waals surface area contributed by atoms with Gasteiger partial charge in [0, 0.05) is 35.6 Å². The lowest BCUT2D eigenvalue weighted by atomic mass is 9.95. The molecule has 0 spiro atoms. The van der Waals surface area contributed by atoms with Crippen LogP contribution in [-0.2, 0) is 29.0 Å². The summed E-state index contributed by atoms with van der Waals surface area (Å²) >= 11 is 0. The largest absolute Gasteiger partial charge is 0.748 e. The van der Waals surface area contributed by atoms with Crippen LogP contribution in [0.25, 0.3) is 33.8 Å². The summed E-state index contributed by atoms with van der Waals surface area (Å²) in [7, 11) is -4.26. The van der Waals surface area contributed by atoms with Crippen LogP contribution in [0.15, 0.2) is 103 Å². The number of aliphatic hydroxyl groups excluding tert-OH is 2. The van der Waals surface area contributed by atoms with E-state index in [0.717, 1.165) is 39.3 Å². The van der Waals surface area contributed by atoms with Crippen LogP contribution in [0.2, 0.25) is 0 Å². The molecule has 9 heteroatoms. The van der Waals surface area contributed by atoms with Gasteiger partial charge in [0.25, 0.3) is 11.4 Å². The molecule has 0 aliphatic carbocycles. The summed E-state index contributed by atoms with van der Waals surface area (Å²) in [6, 6.07) is 31.8. The van der Waals surface area contributed by atoms with Crippen LogP contribution in [0, 0.1) is 11.8 Å². The molecular formula is C36H29N2O6S+. The first-order chi connectivity index (χ1) is 21.8. The van der Waals surface area contributed by atoms with Crippen LogP contribution in [0.4, 0.5) is 0 Å². The first kappa shape index (κ1) is 28.9. The van der Waals surface area contributed by atoms with Crippen LogP contribution in [-0.4, -0.2) is 35.5 Å². The van der Waals surface area contributed by atoms with Crippen molar-refractivity contribution in [1.82, 2.24) is 0 Å². The van der Waals surface area contributed by atoms with Crippen LogP contribution < -0.4 is 13.9 Å². The normalized spacial score (nSPS) is 15.5. The number of aromatic nitrogens is 2. The van der Waals surface area contributed by atoms with E-state index in [2.05, 4.69) is 57.5 Å². The summed E-state index contributed by atoms with van der Waals surface area (Å²) in [6.07, 6.45) is 2.19. The highest BCUT2D eigenvalue weighted by atomic mass is 32.2. The van der Waals surface area contributed by atoms with Gasteiger partial charge < -0.3 is 19.5 Å². The Morgan fingerprint density at radius 3 is 2.24 bits per heavy atom. The summed E-state index contributed by atoms with van der Waals surface area (Å²) in [5.74, 6) is 7.15. The van der Waals surface area contributed by atoms with Gasteiger partial charge in [0.2, 0.25) is 5.69 Å². The molecule has 0 saturated carbocycles. The van der Waals surface area contributed by atoms with Crippen molar-refractivity contribution in [3.8, 4) is 51.4 Å². The summed E-state index contributed by atoms with van der Waals surface area (Å²) in [6.45, 7) is -0.144. The minimum atomic E-state index is -4.26. The van der Waals surface area contributed by atoms with Gasteiger partial charge in [0.15, 0.2) is 6.20 Å². The fourth-order valence-electron chi connectivity index (χ4n) is 6.33. The van der Waals surface area contributed by atoms with Crippen LogP contribution in [0.1, 0.15) is 28.7 Å². The highest BCUT2D eigenvalue weighted by Gasteiger charge is 2.66. The lowest BCUT2D eigenvalue weighted by molar-refractivity contribution is -0.924. The summed E-state index contributed by atoms with van der Waals surface area (Å²) in [5.41, 5.74) is 8.42. The van der Waals surface area contributed by atoms with Gasteiger partial charge in [-0.15, -0.1) is 9.13 Å². The first-order valence-electron chi connectivity index (χ1n) is 14.6. The number of hydrogen-bond donors (Lipinski definition) is 2. The molecule has 0 bridgehead atoms. The molecule has 45 heavy (non-hydrogen) atoms. The Kier molecular flexibility index (Phi) is 7.23. The Labute approximate surface area is 261 Å². The fourth-order valence-corrected chi connectivity index (χ4v) is 6.80. The molecule has 0 fully saturated rings. The van der Waals surface area contributed by atoms with E-state index in [-0.39, 0.29) is 26.2 Å². The molecule has 7 rings (SSSR count). The van der Waals surface area contributed by atoms with E-state index in [1.54, 1.807) is 6.07 Å². The Morgan fingerprint density at radius 1 is 0.800 bits per heavy atom. The van der Waals surface area contributed by atoms with Crippen molar-refractivity contribution in [3.63, 3.8) is 0 Å². The second kappa shape index (κ2) is 11.3. The molecule has 3 aromatic carbocycles. The van der Waals surface area contributed by atoms with E-state index in [9.17, 15) is 23.2 Å². The zero-order valence-electron chi connectivity index (χ0n) is 24.2. The van der Waals surface area contributed by atoms with E-state index in [4.69, 9.17) is 4.74 Å². The number of rotatable bonds is 8. The summed E-state index contributed by atoms with van der Waals surface area (Å²) in [4.78, 5) is 0. The van der Waals surface area contributed by atoms with Crippen LogP contribution >= 0.6 is 0 Å². The molecule has 1 unspecified atom stereocenters. The van der Waals surface area contributed by atoms with Crippen molar-refractivity contribution in [2.45, 2.75) is 25.3 Å². The van der Waals surface area contributed by atoms with E-state index in [1.165, 1.54) is 0 Å². The smallest absolute Gasteiger partial charge is 0.455 e. The molecule has 0 radical (unpaired) electrons. The van der Waals surface area contributed by atoms with Crippen molar-refractivity contribution >= 4 is 10.1 Å². The van der Waals surface area contributed by atoms with Crippen molar-refractivity contribution in [2.24, 2.45) is 0 Å². The van der Waals surface area contributed by atoms with Gasteiger partial charge in [-0.05, 0) is 71.1 Å². The minimum Gasteiger partial charge on any atom is -0.748 e. The van der Waals surface area contributed by atoms with Crippen LogP contribution in [0.3, 0.4) is 0 Å². The van der Waals surface area contributed by atoms with E-state index < -0.39 is 21.5 Å². The molecular weight excluding hydrogens is 588 g/mol. The Morgan fingerprint density at radius 2 is 1.51 bits per heavy atom. The highest BCUT2D eigenvalue weighted by molar-refractivity contribution is 7.85. The zero-order chi connectivity index (χ0) is 31.2. The molecule has 2 N–H and O–H groups in total. The van der Waals surface area contributed by atoms with Gasteiger partial charge in [-0.1, -0.05) is 36.3 Å². The fraction of sp³-hybridized carbons (Fsp3) is 0.167. The Balaban J connectivity index is 1.34. The number of hydrogen-bond acceptors (Lipinski definition) is 6. The number of pyridine rings is 2. The van der Waals surface area contributed by atoms with Gasteiger partial charge in [-0.25, -0.2) is 8.42 Å². The minimum absolute atomic E-state index is 0.135. The quantitative estimate of drug-likeness (QED) is 0.119. The van der Waals surface area contributed by atoms with Gasteiger partial charge in [-0.3, -0.25) is 0 Å². The molecule has 5 aromatic rings. The first-order valence-corrected chi connectivity index (χ1v) is 16.1. The zero-order valence-corrected chi connectivity index (χ0v) is 25.0. The molecule has 8 nitrogen and oxygen atoms in total. The van der Waals surface area contributed by atoms with Crippen molar-refractivity contribution < 1.29 is 37.1 Å². The monoisotopic (exact) mass is 617 g/mol. The standard InChI is InChI=1S/C36H29N2O6S/c39-23-26-18-25(19-27(20-26)24-40)13-14-36-32-7-2-1-6-31(32)34-21-29(22-35(38(34)36)33-8-3-4-15-37(33)36)28-9-11-30(12-10-28)44-16-5-17-45(41,42)43/h1-4,6-12,15,18-22,39-40H,5,16-17,23-24H2/q+1. The van der Waals surface area contributed by atoms with Gasteiger partial charge in [0.1, 0.15) is 11.3 Å². The van der Waals surface area contributed by atoms with Crippen LogP contribution in [0.5, 0.6) is 5.75 Å². The van der Waals surface area contributed by atoms with Crippen molar-refractivity contribution in [3.05, 3.63) is 126 Å². The SMILES string of the molecule is O=S(=O)([O-])CCCOc1ccc(-c2cc3[n+]4c(c2)-c2cccc[n+]2C4(C#Cc2cc(CO)cc(CO)c2)c2ccccc2-3)cc1. The second-order valence-electron chi connectivity index (χ2n) is 11.1. The molecule has 1 atom stereocenters. The Bertz CT molecular complexity index is 2040. The predicted octanol–water partition coefficient (Wildman–Crippen LogP) is 3.49. The maximum Gasteiger partial charge on any atom is 0.455 e. The number of aliphatic hydroxyl groups is 2. The molecule has 0 saturated heterocycles. The third kappa shape index (κ3) is 5.08. The second-order valence-corrected chi connectivity index (χ2v) is 12.6. The van der Waals surface area contributed by atoms with E-state index in [1.807, 2.05) is 60.7 Å². The van der Waals surface area contributed by atoms with E-state index in [0.29, 0.717) is 22.4 Å². The lowest BCUT2D eigenvalue weighted by Crippen LogP contribution is -2.67. The number of benzene rings is 3.